The number of aryl methyl sites for hydroxylation is 1. The Hall–Kier alpha value is -2.04. The summed E-state index contributed by atoms with van der Waals surface area (Å²) >= 11 is 0. The van der Waals surface area contributed by atoms with Crippen LogP contribution in [-0.4, -0.2) is 53.4 Å². The van der Waals surface area contributed by atoms with Gasteiger partial charge in [0.15, 0.2) is 23.3 Å². The largest absolute Gasteiger partial charge is 0.493 e. The fourth-order valence-corrected chi connectivity index (χ4v) is 4.23. The summed E-state index contributed by atoms with van der Waals surface area (Å²) < 4.78 is 13.2. The highest BCUT2D eigenvalue weighted by atomic mass is 127. The molecule has 2 aliphatic rings. The molecule has 0 bridgehead atoms. The third-order valence-corrected chi connectivity index (χ3v) is 5.82. The van der Waals surface area contributed by atoms with Crippen LogP contribution in [0.15, 0.2) is 17.1 Å². The minimum atomic E-state index is 0. The van der Waals surface area contributed by atoms with Gasteiger partial charge in [-0.1, -0.05) is 6.42 Å². The molecule has 0 saturated heterocycles. The molecule has 0 radical (unpaired) electrons. The normalized spacial score (nSPS) is 16.1. The minimum absolute atomic E-state index is 0. The second-order valence-electron chi connectivity index (χ2n) is 7.54. The number of rotatable bonds is 4. The second kappa shape index (κ2) is 10.3. The van der Waals surface area contributed by atoms with Crippen molar-refractivity contribution in [2.75, 3.05) is 27.8 Å². The zero-order valence-electron chi connectivity index (χ0n) is 18.0. The molecule has 4 rings (SSSR count). The number of hydrogen-bond donors (Lipinski definition) is 1. The number of nitrogens with one attached hydrogen (secondary N) is 1. The Kier molecular flexibility index (Phi) is 7.79. The lowest BCUT2D eigenvalue weighted by atomic mass is 9.99. The van der Waals surface area contributed by atoms with Crippen molar-refractivity contribution < 1.29 is 9.47 Å². The standard InChI is InChI=1S/C21H30N6O2.HI/c1-22-21(23-13-20-25-24-19-7-5-4-6-9-27(19)20)26-10-8-15-11-17(28-2)18(29-3)12-16(15)14-26;/h11-12H,4-10,13-14H2,1-3H3,(H,22,23);1H. The molecular formula is C21H31IN6O2. The quantitative estimate of drug-likeness (QED) is 0.375. The predicted octanol–water partition coefficient (Wildman–Crippen LogP) is 2.77. The van der Waals surface area contributed by atoms with Crippen molar-refractivity contribution in [3.8, 4) is 11.5 Å². The van der Waals surface area contributed by atoms with E-state index < -0.39 is 0 Å². The van der Waals surface area contributed by atoms with Crippen LogP contribution in [0.25, 0.3) is 0 Å². The number of benzene rings is 1. The highest BCUT2D eigenvalue weighted by molar-refractivity contribution is 14.0. The number of methoxy groups -OCH3 is 2. The van der Waals surface area contributed by atoms with E-state index >= 15 is 0 Å². The van der Waals surface area contributed by atoms with Gasteiger partial charge in [-0.25, -0.2) is 0 Å². The molecule has 1 N–H and O–H groups in total. The summed E-state index contributed by atoms with van der Waals surface area (Å²) in [5.41, 5.74) is 2.55. The molecule has 3 heterocycles. The number of hydrogen-bond acceptors (Lipinski definition) is 5. The molecule has 8 nitrogen and oxygen atoms in total. The first-order valence-corrected chi connectivity index (χ1v) is 10.3. The van der Waals surface area contributed by atoms with Gasteiger partial charge in [0, 0.05) is 33.1 Å². The summed E-state index contributed by atoms with van der Waals surface area (Å²) in [6, 6.07) is 4.17. The summed E-state index contributed by atoms with van der Waals surface area (Å²) in [7, 11) is 5.18. The van der Waals surface area contributed by atoms with Gasteiger partial charge >= 0.3 is 0 Å². The molecule has 9 heteroatoms. The van der Waals surface area contributed by atoms with Crippen LogP contribution in [-0.2, 0) is 32.5 Å². The molecule has 1 aromatic heterocycles. The Morgan fingerprint density at radius 3 is 2.53 bits per heavy atom. The van der Waals surface area contributed by atoms with E-state index in [0.717, 1.165) is 61.6 Å². The molecule has 2 aliphatic heterocycles. The lowest BCUT2D eigenvalue weighted by molar-refractivity contribution is 0.345. The van der Waals surface area contributed by atoms with Crippen molar-refractivity contribution in [2.45, 2.75) is 51.7 Å². The van der Waals surface area contributed by atoms with Crippen molar-refractivity contribution in [3.05, 3.63) is 34.9 Å². The van der Waals surface area contributed by atoms with Crippen LogP contribution >= 0.6 is 24.0 Å². The first-order chi connectivity index (χ1) is 14.2. The molecule has 30 heavy (non-hydrogen) atoms. The van der Waals surface area contributed by atoms with Crippen LogP contribution in [0, 0.1) is 0 Å². The maximum absolute atomic E-state index is 5.48. The van der Waals surface area contributed by atoms with E-state index in [1.165, 1.54) is 30.4 Å². The van der Waals surface area contributed by atoms with Gasteiger partial charge in [0.05, 0.1) is 20.8 Å². The number of aromatic nitrogens is 3. The van der Waals surface area contributed by atoms with Crippen molar-refractivity contribution in [2.24, 2.45) is 4.99 Å². The van der Waals surface area contributed by atoms with Gasteiger partial charge in [-0.2, -0.15) is 0 Å². The molecule has 164 valence electrons. The smallest absolute Gasteiger partial charge is 0.194 e. The number of halogens is 1. The maximum atomic E-state index is 5.48. The average Bonchev–Trinajstić information content (AvgIpc) is 2.98. The molecule has 0 fully saturated rings. The summed E-state index contributed by atoms with van der Waals surface area (Å²) in [5, 5.41) is 12.3. The van der Waals surface area contributed by atoms with E-state index in [2.05, 4.69) is 42.1 Å². The fourth-order valence-electron chi connectivity index (χ4n) is 4.23. The molecular weight excluding hydrogens is 495 g/mol. The molecule has 0 amide bonds. The Bertz CT molecular complexity index is 898. The van der Waals surface area contributed by atoms with Crippen molar-refractivity contribution in [1.82, 2.24) is 25.0 Å². The summed E-state index contributed by atoms with van der Waals surface area (Å²) in [6.45, 7) is 3.33. The van der Waals surface area contributed by atoms with Gasteiger partial charge < -0.3 is 24.3 Å². The SMILES string of the molecule is CN=C(NCc1nnc2n1CCCCC2)N1CCc2cc(OC)c(OC)cc2C1.I. The van der Waals surface area contributed by atoms with Crippen LogP contribution in [0.5, 0.6) is 11.5 Å². The Balaban J connectivity index is 0.00000256. The van der Waals surface area contributed by atoms with Crippen LogP contribution in [0.2, 0.25) is 0 Å². The van der Waals surface area contributed by atoms with E-state index in [1.54, 1.807) is 14.2 Å². The highest BCUT2D eigenvalue weighted by Crippen LogP contribution is 2.33. The van der Waals surface area contributed by atoms with Gasteiger partial charge in [-0.3, -0.25) is 4.99 Å². The Labute approximate surface area is 195 Å². The van der Waals surface area contributed by atoms with Gasteiger partial charge in [0.2, 0.25) is 0 Å². The highest BCUT2D eigenvalue weighted by Gasteiger charge is 2.22. The third kappa shape index (κ3) is 4.65. The Morgan fingerprint density at radius 2 is 1.80 bits per heavy atom. The molecule has 0 aliphatic carbocycles. The van der Waals surface area contributed by atoms with Gasteiger partial charge in [0.1, 0.15) is 5.82 Å². The minimum Gasteiger partial charge on any atom is -0.493 e. The van der Waals surface area contributed by atoms with Crippen molar-refractivity contribution in [1.29, 1.82) is 0 Å². The molecule has 0 unspecified atom stereocenters. The fraction of sp³-hybridized carbons (Fsp3) is 0.571. The lowest BCUT2D eigenvalue weighted by Gasteiger charge is -2.32. The average molecular weight is 526 g/mol. The first-order valence-electron chi connectivity index (χ1n) is 10.3. The molecule has 0 saturated carbocycles. The first kappa shape index (κ1) is 22.6. The molecule has 0 spiro atoms. The van der Waals surface area contributed by atoms with E-state index in [1.807, 2.05) is 7.05 Å². The molecule has 2 aromatic rings. The second-order valence-corrected chi connectivity index (χ2v) is 7.54. The van der Waals surface area contributed by atoms with E-state index in [0.29, 0.717) is 6.54 Å². The summed E-state index contributed by atoms with van der Waals surface area (Å²) in [5.74, 6) is 4.54. The van der Waals surface area contributed by atoms with Crippen LogP contribution < -0.4 is 14.8 Å². The maximum Gasteiger partial charge on any atom is 0.194 e. The van der Waals surface area contributed by atoms with E-state index in [4.69, 9.17) is 9.47 Å². The Morgan fingerprint density at radius 1 is 1.03 bits per heavy atom. The number of fused-ring (bicyclic) bond motifs is 2. The number of ether oxygens (including phenoxy) is 2. The predicted molar refractivity (Wildman–Crippen MR) is 127 cm³/mol. The monoisotopic (exact) mass is 526 g/mol. The van der Waals surface area contributed by atoms with Crippen molar-refractivity contribution >= 4 is 29.9 Å². The van der Waals surface area contributed by atoms with Gasteiger partial charge in [-0.05, 0) is 42.5 Å². The van der Waals surface area contributed by atoms with E-state index in [9.17, 15) is 0 Å². The topological polar surface area (TPSA) is 76.8 Å². The van der Waals surface area contributed by atoms with E-state index in [-0.39, 0.29) is 24.0 Å². The van der Waals surface area contributed by atoms with Gasteiger partial charge in [-0.15, -0.1) is 34.2 Å². The van der Waals surface area contributed by atoms with Crippen LogP contribution in [0.3, 0.4) is 0 Å². The molecule has 0 atom stereocenters. The van der Waals surface area contributed by atoms with Gasteiger partial charge in [0.25, 0.3) is 0 Å². The third-order valence-electron chi connectivity index (χ3n) is 5.82. The number of aliphatic imine (C=N–C) groups is 1. The van der Waals surface area contributed by atoms with Crippen LogP contribution in [0.1, 0.15) is 42.0 Å². The summed E-state index contributed by atoms with van der Waals surface area (Å²) in [4.78, 5) is 6.78. The number of nitrogens with zero attached hydrogens (tertiary/aromatic N) is 5. The van der Waals surface area contributed by atoms with Crippen molar-refractivity contribution in [3.63, 3.8) is 0 Å². The molecule has 1 aromatic carbocycles. The zero-order valence-corrected chi connectivity index (χ0v) is 20.3. The zero-order chi connectivity index (χ0) is 20.2. The lowest BCUT2D eigenvalue weighted by Crippen LogP contribution is -2.44. The number of guanidine groups is 1. The summed E-state index contributed by atoms with van der Waals surface area (Å²) in [6.07, 6.45) is 5.63. The van der Waals surface area contributed by atoms with Crippen LogP contribution in [0.4, 0.5) is 0 Å².